The first-order chi connectivity index (χ1) is 2.91. The zero-order valence-electron chi connectivity index (χ0n) is 2.88. The third kappa shape index (κ3) is 2.94. The zero-order valence-corrected chi connectivity index (χ0v) is 2.88. The Morgan fingerprint density at radius 3 is 2.33 bits per heavy atom. The summed E-state index contributed by atoms with van der Waals surface area (Å²) in [5.41, 5.74) is 1.65. The van der Waals surface area contributed by atoms with Crippen molar-refractivity contribution in [2.75, 3.05) is 0 Å². The summed E-state index contributed by atoms with van der Waals surface area (Å²) in [6.07, 6.45) is 0.258. The van der Waals surface area contributed by atoms with Crippen LogP contribution in [0, 0.1) is 0 Å². The molecular weight excluding hydrogens is 86.0 g/mol. The molecule has 34 valence electrons. The van der Waals surface area contributed by atoms with E-state index in [1.165, 1.54) is 0 Å². The number of carbonyl (C=O) groups excluding carboxylic acids is 2. The highest BCUT2D eigenvalue weighted by atomic mass is 16.7. The minimum Gasteiger partial charge on any atom is -0.344 e. The molecule has 4 nitrogen and oxygen atoms in total. The van der Waals surface area contributed by atoms with E-state index in [-0.39, 0.29) is 12.9 Å². The van der Waals surface area contributed by atoms with Gasteiger partial charge in [-0.05, 0) is 0 Å². The molecule has 0 aliphatic rings. The van der Waals surface area contributed by atoms with Crippen molar-refractivity contribution in [1.29, 1.82) is 0 Å². The summed E-state index contributed by atoms with van der Waals surface area (Å²) in [7, 11) is 0. The number of hydroxylamine groups is 1. The molecule has 0 unspecified atom stereocenters. The first kappa shape index (κ1) is 4.94. The molecule has 0 aromatic heterocycles. The van der Waals surface area contributed by atoms with Gasteiger partial charge in [0.05, 0.1) is 0 Å². The van der Waals surface area contributed by atoms with E-state index in [1.54, 1.807) is 5.48 Å². The van der Waals surface area contributed by atoms with Crippen molar-refractivity contribution in [2.45, 2.75) is 0 Å². The molecule has 0 aliphatic carbocycles. The van der Waals surface area contributed by atoms with Gasteiger partial charge in [0, 0.05) is 0 Å². The molecule has 1 amide bonds. The summed E-state index contributed by atoms with van der Waals surface area (Å²) in [5, 5.41) is 0. The van der Waals surface area contributed by atoms with Crippen LogP contribution in [0.5, 0.6) is 0 Å². The maximum atomic E-state index is 9.17. The maximum absolute atomic E-state index is 9.17. The van der Waals surface area contributed by atoms with Crippen LogP contribution < -0.4 is 5.48 Å². The smallest absolute Gasteiger partial charge is 0.320 e. The third-order valence-electron chi connectivity index (χ3n) is 0.164. The van der Waals surface area contributed by atoms with Gasteiger partial charge in [-0.3, -0.25) is 9.59 Å². The maximum Gasteiger partial charge on any atom is 0.320 e. The molecule has 6 heavy (non-hydrogen) atoms. The first-order valence-electron chi connectivity index (χ1n) is 1.20. The number of amides is 1. The third-order valence-corrected chi connectivity index (χ3v) is 0.164. The molecule has 0 rings (SSSR count). The Morgan fingerprint density at radius 1 is 1.50 bits per heavy atom. The highest BCUT2D eigenvalue weighted by molar-refractivity contribution is 5.47. The standard InChI is InChI=1S/C2H3NO3/c4-1-3-6-2-5/h1-2H,(H,3,4). The van der Waals surface area contributed by atoms with Gasteiger partial charge in [0.25, 0.3) is 0 Å². The van der Waals surface area contributed by atoms with Gasteiger partial charge < -0.3 is 4.84 Å². The van der Waals surface area contributed by atoms with E-state index in [2.05, 4.69) is 4.84 Å². The second kappa shape index (κ2) is 3.94. The summed E-state index contributed by atoms with van der Waals surface area (Å²) in [5.74, 6) is 0. The Balaban J connectivity index is 2.66. The Hall–Kier alpha value is -1.06. The number of nitrogens with one attached hydrogen (secondary N) is 1. The van der Waals surface area contributed by atoms with E-state index < -0.39 is 0 Å². The predicted molar refractivity (Wildman–Crippen MR) is 16.3 cm³/mol. The quantitative estimate of drug-likeness (QED) is 0.269. The van der Waals surface area contributed by atoms with Gasteiger partial charge in [-0.2, -0.15) is 5.48 Å². The lowest BCUT2D eigenvalue weighted by molar-refractivity contribution is -0.141. The normalized spacial score (nSPS) is 6.00. The van der Waals surface area contributed by atoms with Gasteiger partial charge in [-0.15, -0.1) is 0 Å². The summed E-state index contributed by atoms with van der Waals surface area (Å²) in [6.45, 7) is 0.119. The summed E-state index contributed by atoms with van der Waals surface area (Å²) >= 11 is 0. The summed E-state index contributed by atoms with van der Waals surface area (Å²) in [6, 6.07) is 0. The Morgan fingerprint density at radius 2 is 2.17 bits per heavy atom. The van der Waals surface area contributed by atoms with Crippen LogP contribution in [-0.4, -0.2) is 12.9 Å². The van der Waals surface area contributed by atoms with E-state index in [0.717, 1.165) is 0 Å². The molecule has 0 aliphatic heterocycles. The van der Waals surface area contributed by atoms with Crippen LogP contribution in [0.25, 0.3) is 0 Å². The van der Waals surface area contributed by atoms with Crippen LogP contribution in [0.15, 0.2) is 0 Å². The number of rotatable bonds is 3. The van der Waals surface area contributed by atoms with E-state index in [0.29, 0.717) is 0 Å². The van der Waals surface area contributed by atoms with Crippen LogP contribution in [0.1, 0.15) is 0 Å². The molecule has 0 atom stereocenters. The highest BCUT2D eigenvalue weighted by Crippen LogP contribution is 1.40. The minimum absolute atomic E-state index is 0.119. The Bertz CT molecular complexity index is 44.8. The van der Waals surface area contributed by atoms with Crippen LogP contribution in [-0.2, 0) is 14.4 Å². The fraction of sp³-hybridized carbons (Fsp3) is 0. The summed E-state index contributed by atoms with van der Waals surface area (Å²) in [4.78, 5) is 22.0. The highest BCUT2D eigenvalue weighted by Gasteiger charge is 1.65. The van der Waals surface area contributed by atoms with Gasteiger partial charge in [0.1, 0.15) is 0 Å². The average Bonchev–Trinajstić information content (AvgIpc) is 1.61. The fourth-order valence-electron chi connectivity index (χ4n) is 0.0556. The van der Waals surface area contributed by atoms with E-state index in [4.69, 9.17) is 9.59 Å². The van der Waals surface area contributed by atoms with Gasteiger partial charge in [-0.1, -0.05) is 0 Å². The largest absolute Gasteiger partial charge is 0.344 e. The van der Waals surface area contributed by atoms with Gasteiger partial charge >= 0.3 is 6.47 Å². The molecule has 0 fully saturated rings. The number of hydrogen-bond donors (Lipinski definition) is 1. The van der Waals surface area contributed by atoms with Crippen molar-refractivity contribution in [3.63, 3.8) is 0 Å². The van der Waals surface area contributed by atoms with Gasteiger partial charge in [-0.25, -0.2) is 0 Å². The van der Waals surface area contributed by atoms with Crippen LogP contribution in [0.4, 0.5) is 0 Å². The van der Waals surface area contributed by atoms with Crippen molar-refractivity contribution in [3.8, 4) is 0 Å². The van der Waals surface area contributed by atoms with Crippen molar-refractivity contribution in [1.82, 2.24) is 5.48 Å². The molecular formula is C2H3NO3. The van der Waals surface area contributed by atoms with E-state index in [1.807, 2.05) is 0 Å². The predicted octanol–water partition coefficient (Wildman–Crippen LogP) is -1.18. The van der Waals surface area contributed by atoms with E-state index in [9.17, 15) is 0 Å². The lowest BCUT2D eigenvalue weighted by atomic mass is 11.4. The van der Waals surface area contributed by atoms with Crippen molar-refractivity contribution in [2.24, 2.45) is 0 Å². The molecule has 0 aromatic carbocycles. The van der Waals surface area contributed by atoms with Crippen LogP contribution >= 0.6 is 0 Å². The molecule has 0 heterocycles. The second-order valence-electron chi connectivity index (χ2n) is 0.450. The van der Waals surface area contributed by atoms with E-state index >= 15 is 0 Å². The lowest BCUT2D eigenvalue weighted by Crippen LogP contribution is -2.08. The van der Waals surface area contributed by atoms with Crippen molar-refractivity contribution in [3.05, 3.63) is 0 Å². The molecule has 0 aromatic rings. The van der Waals surface area contributed by atoms with Gasteiger partial charge in [0.2, 0.25) is 6.41 Å². The zero-order chi connectivity index (χ0) is 4.83. The average molecular weight is 89.0 g/mol. The number of hydrogen-bond acceptors (Lipinski definition) is 3. The van der Waals surface area contributed by atoms with Crippen molar-refractivity contribution < 1.29 is 14.4 Å². The van der Waals surface area contributed by atoms with Crippen LogP contribution in [0.3, 0.4) is 0 Å². The fourth-order valence-corrected chi connectivity index (χ4v) is 0.0556. The first-order valence-corrected chi connectivity index (χ1v) is 1.20. The molecule has 0 radical (unpaired) electrons. The second-order valence-corrected chi connectivity index (χ2v) is 0.450. The monoisotopic (exact) mass is 89.0 g/mol. The molecule has 0 spiro atoms. The Kier molecular flexibility index (Phi) is 3.24. The molecule has 0 bridgehead atoms. The SMILES string of the molecule is O=CNOC=O. The minimum atomic E-state index is 0.119. The molecule has 4 heteroatoms. The van der Waals surface area contributed by atoms with Gasteiger partial charge in [0.15, 0.2) is 0 Å². The molecule has 1 N–H and O–H groups in total. The molecule has 0 saturated carbocycles. The number of carbonyl (C=O) groups is 2. The topological polar surface area (TPSA) is 55.4 Å². The summed E-state index contributed by atoms with van der Waals surface area (Å²) < 4.78 is 0. The van der Waals surface area contributed by atoms with Crippen LogP contribution in [0.2, 0.25) is 0 Å². The Labute approximate surface area is 34.0 Å². The lowest BCUT2D eigenvalue weighted by Gasteiger charge is -1.83. The molecule has 0 saturated heterocycles. The van der Waals surface area contributed by atoms with Crippen molar-refractivity contribution >= 4 is 12.9 Å².